The summed E-state index contributed by atoms with van der Waals surface area (Å²) in [7, 11) is -3.53. The van der Waals surface area contributed by atoms with E-state index in [9.17, 15) is 13.2 Å². The van der Waals surface area contributed by atoms with Crippen molar-refractivity contribution in [1.82, 2.24) is 9.62 Å². The Kier molecular flexibility index (Phi) is 5.44. The normalized spacial score (nSPS) is 15.2. The van der Waals surface area contributed by atoms with Gasteiger partial charge in [0.2, 0.25) is 10.0 Å². The number of hydrogen-bond donors (Lipinski definition) is 1. The van der Waals surface area contributed by atoms with Crippen molar-refractivity contribution in [2.24, 2.45) is 0 Å². The quantitative estimate of drug-likeness (QED) is 0.877. The third-order valence-electron chi connectivity index (χ3n) is 4.86. The molecule has 1 fully saturated rings. The number of hydrogen-bond acceptors (Lipinski definition) is 3. The molecule has 2 aromatic carbocycles. The standard InChI is InChI=1S/C20H24N2O3S/c1-15-7-3-4-8-17(15)14-21-20(23)19-13-18(10-9-16(19)2)26(24,25)22-11-5-6-12-22/h3-4,7-10,13H,5-6,11-12,14H2,1-2H3,(H,21,23). The summed E-state index contributed by atoms with van der Waals surface area (Å²) in [4.78, 5) is 12.8. The first-order valence-corrected chi connectivity index (χ1v) is 10.3. The van der Waals surface area contributed by atoms with E-state index in [0.717, 1.165) is 29.5 Å². The summed E-state index contributed by atoms with van der Waals surface area (Å²) >= 11 is 0. The van der Waals surface area contributed by atoms with Gasteiger partial charge in [-0.15, -0.1) is 0 Å². The molecule has 6 heteroatoms. The highest BCUT2D eigenvalue weighted by molar-refractivity contribution is 7.89. The Morgan fingerprint density at radius 3 is 2.42 bits per heavy atom. The fraction of sp³-hybridized carbons (Fsp3) is 0.350. The molecule has 1 aliphatic heterocycles. The molecule has 1 heterocycles. The van der Waals surface area contributed by atoms with Crippen LogP contribution in [-0.4, -0.2) is 31.7 Å². The van der Waals surface area contributed by atoms with Crippen LogP contribution in [0.25, 0.3) is 0 Å². The number of benzene rings is 2. The van der Waals surface area contributed by atoms with E-state index in [-0.39, 0.29) is 10.8 Å². The Morgan fingerprint density at radius 2 is 1.73 bits per heavy atom. The smallest absolute Gasteiger partial charge is 0.251 e. The highest BCUT2D eigenvalue weighted by atomic mass is 32.2. The fourth-order valence-electron chi connectivity index (χ4n) is 3.16. The lowest BCUT2D eigenvalue weighted by Gasteiger charge is -2.17. The molecule has 3 rings (SSSR count). The summed E-state index contributed by atoms with van der Waals surface area (Å²) in [5, 5.41) is 2.90. The molecule has 0 spiro atoms. The predicted octanol–water partition coefficient (Wildman–Crippen LogP) is 3.02. The summed E-state index contributed by atoms with van der Waals surface area (Å²) in [6.07, 6.45) is 1.77. The van der Waals surface area contributed by atoms with Crippen molar-refractivity contribution < 1.29 is 13.2 Å². The van der Waals surface area contributed by atoms with Crippen LogP contribution in [0.1, 0.15) is 39.9 Å². The number of rotatable bonds is 5. The van der Waals surface area contributed by atoms with Gasteiger partial charge in [0.05, 0.1) is 4.90 Å². The molecule has 5 nitrogen and oxygen atoms in total. The molecule has 1 saturated heterocycles. The number of sulfonamides is 1. The molecule has 0 saturated carbocycles. The Bertz CT molecular complexity index is 916. The zero-order valence-corrected chi connectivity index (χ0v) is 16.0. The van der Waals surface area contributed by atoms with E-state index in [0.29, 0.717) is 25.2 Å². The lowest BCUT2D eigenvalue weighted by atomic mass is 10.1. The lowest BCUT2D eigenvalue weighted by Crippen LogP contribution is -2.29. The molecule has 0 radical (unpaired) electrons. The predicted molar refractivity (Wildman–Crippen MR) is 102 cm³/mol. The molecule has 26 heavy (non-hydrogen) atoms. The maximum absolute atomic E-state index is 12.7. The van der Waals surface area contributed by atoms with Crippen LogP contribution in [0.5, 0.6) is 0 Å². The number of carbonyl (C=O) groups excluding carboxylic acids is 1. The number of carbonyl (C=O) groups is 1. The molecule has 1 aliphatic rings. The minimum atomic E-state index is -3.53. The van der Waals surface area contributed by atoms with E-state index in [2.05, 4.69) is 5.32 Å². The Labute approximate surface area is 155 Å². The lowest BCUT2D eigenvalue weighted by molar-refractivity contribution is 0.0950. The van der Waals surface area contributed by atoms with Crippen LogP contribution in [0.4, 0.5) is 0 Å². The first kappa shape index (κ1) is 18.6. The van der Waals surface area contributed by atoms with Gasteiger partial charge in [0.1, 0.15) is 0 Å². The highest BCUT2D eigenvalue weighted by Gasteiger charge is 2.28. The third-order valence-corrected chi connectivity index (χ3v) is 6.75. The molecule has 0 aromatic heterocycles. The molecule has 138 valence electrons. The van der Waals surface area contributed by atoms with Crippen LogP contribution in [0, 0.1) is 13.8 Å². The number of aryl methyl sites for hydroxylation is 2. The van der Waals surface area contributed by atoms with Gasteiger partial charge >= 0.3 is 0 Å². The molecule has 1 N–H and O–H groups in total. The van der Waals surface area contributed by atoms with Gasteiger partial charge in [0.15, 0.2) is 0 Å². The van der Waals surface area contributed by atoms with E-state index in [4.69, 9.17) is 0 Å². The molecule has 0 atom stereocenters. The number of nitrogens with zero attached hydrogens (tertiary/aromatic N) is 1. The largest absolute Gasteiger partial charge is 0.348 e. The van der Waals surface area contributed by atoms with Crippen LogP contribution in [0.2, 0.25) is 0 Å². The van der Waals surface area contributed by atoms with Crippen LogP contribution in [0.3, 0.4) is 0 Å². The van der Waals surface area contributed by atoms with Gasteiger partial charge in [0, 0.05) is 25.2 Å². The van der Waals surface area contributed by atoms with Crippen molar-refractivity contribution in [1.29, 1.82) is 0 Å². The Balaban J connectivity index is 1.81. The number of nitrogens with one attached hydrogen (secondary N) is 1. The molecule has 2 aromatic rings. The summed E-state index contributed by atoms with van der Waals surface area (Å²) in [6, 6.07) is 12.6. The SMILES string of the molecule is Cc1ccccc1CNC(=O)c1cc(S(=O)(=O)N2CCCC2)ccc1C. The maximum Gasteiger partial charge on any atom is 0.251 e. The molecule has 0 bridgehead atoms. The van der Waals surface area contributed by atoms with E-state index >= 15 is 0 Å². The minimum absolute atomic E-state index is 0.186. The molecular weight excluding hydrogens is 348 g/mol. The highest BCUT2D eigenvalue weighted by Crippen LogP contribution is 2.23. The number of amides is 1. The van der Waals surface area contributed by atoms with Crippen LogP contribution in [-0.2, 0) is 16.6 Å². The zero-order valence-electron chi connectivity index (χ0n) is 15.2. The third kappa shape index (κ3) is 3.81. The van der Waals surface area contributed by atoms with Crippen molar-refractivity contribution in [3.05, 3.63) is 64.7 Å². The van der Waals surface area contributed by atoms with Gasteiger partial charge in [-0.25, -0.2) is 8.42 Å². The summed E-state index contributed by atoms with van der Waals surface area (Å²) < 4.78 is 27.0. The van der Waals surface area contributed by atoms with Crippen molar-refractivity contribution in [2.45, 2.75) is 38.1 Å². The maximum atomic E-state index is 12.7. The van der Waals surface area contributed by atoms with E-state index < -0.39 is 10.0 Å². The summed E-state index contributed by atoms with van der Waals surface area (Å²) in [5.74, 6) is -0.260. The van der Waals surface area contributed by atoms with Gasteiger partial charge in [0.25, 0.3) is 5.91 Å². The van der Waals surface area contributed by atoms with Gasteiger partial charge in [-0.2, -0.15) is 4.31 Å². The van der Waals surface area contributed by atoms with E-state index in [1.807, 2.05) is 38.1 Å². The monoisotopic (exact) mass is 372 g/mol. The zero-order chi connectivity index (χ0) is 18.7. The average molecular weight is 372 g/mol. The van der Waals surface area contributed by atoms with E-state index in [1.165, 1.54) is 10.4 Å². The van der Waals surface area contributed by atoms with Crippen LogP contribution >= 0.6 is 0 Å². The Morgan fingerprint density at radius 1 is 1.04 bits per heavy atom. The first-order valence-electron chi connectivity index (χ1n) is 8.83. The molecule has 0 unspecified atom stereocenters. The van der Waals surface area contributed by atoms with Crippen molar-refractivity contribution in [3.8, 4) is 0 Å². The summed E-state index contributed by atoms with van der Waals surface area (Å²) in [6.45, 7) is 5.31. The van der Waals surface area contributed by atoms with Gasteiger partial charge in [-0.05, 0) is 55.5 Å². The van der Waals surface area contributed by atoms with Crippen LogP contribution in [0.15, 0.2) is 47.4 Å². The fourth-order valence-corrected chi connectivity index (χ4v) is 4.71. The average Bonchev–Trinajstić information content (AvgIpc) is 3.16. The minimum Gasteiger partial charge on any atom is -0.348 e. The van der Waals surface area contributed by atoms with Gasteiger partial charge < -0.3 is 5.32 Å². The van der Waals surface area contributed by atoms with Crippen molar-refractivity contribution in [2.75, 3.05) is 13.1 Å². The molecular formula is C20H24N2O3S. The second-order valence-electron chi connectivity index (χ2n) is 6.70. The summed E-state index contributed by atoms with van der Waals surface area (Å²) in [5.41, 5.74) is 3.31. The molecule has 1 amide bonds. The van der Waals surface area contributed by atoms with Crippen molar-refractivity contribution in [3.63, 3.8) is 0 Å². The van der Waals surface area contributed by atoms with Gasteiger partial charge in [-0.3, -0.25) is 4.79 Å². The van der Waals surface area contributed by atoms with Crippen molar-refractivity contribution >= 4 is 15.9 Å². The first-order chi connectivity index (χ1) is 12.4. The topological polar surface area (TPSA) is 66.5 Å². The van der Waals surface area contributed by atoms with Crippen LogP contribution < -0.4 is 5.32 Å². The second kappa shape index (κ2) is 7.60. The molecule has 0 aliphatic carbocycles. The van der Waals surface area contributed by atoms with E-state index in [1.54, 1.807) is 12.1 Å². The second-order valence-corrected chi connectivity index (χ2v) is 8.64. The Hall–Kier alpha value is -2.18. The van der Waals surface area contributed by atoms with Gasteiger partial charge in [-0.1, -0.05) is 30.3 Å².